The molecule has 0 aliphatic carbocycles. The van der Waals surface area contributed by atoms with Gasteiger partial charge in [0.05, 0.1) is 16.5 Å². The number of sulfonamides is 1. The Balaban J connectivity index is 3.35. The maximum atomic E-state index is 11.4. The number of nitrogens with zero attached hydrogens (tertiary/aromatic N) is 1. The first-order valence-corrected chi connectivity index (χ1v) is 5.44. The van der Waals surface area contributed by atoms with Gasteiger partial charge in [-0.3, -0.25) is 0 Å². The Morgan fingerprint density at radius 2 is 2.07 bits per heavy atom. The van der Waals surface area contributed by atoms with Crippen LogP contribution in [0.1, 0.15) is 11.1 Å². The Labute approximate surface area is 83.2 Å². The Morgan fingerprint density at radius 3 is 2.50 bits per heavy atom. The first-order valence-electron chi connectivity index (χ1n) is 3.95. The number of nitrogens with one attached hydrogen (secondary N) is 1. The van der Waals surface area contributed by atoms with Gasteiger partial charge in [0, 0.05) is 0 Å². The third-order valence-corrected chi connectivity index (χ3v) is 3.44. The maximum Gasteiger partial charge on any atom is 0.240 e. The summed E-state index contributed by atoms with van der Waals surface area (Å²) in [5.74, 6) is 0. The zero-order chi connectivity index (χ0) is 10.8. The van der Waals surface area contributed by atoms with Crippen LogP contribution in [-0.2, 0) is 10.0 Å². The van der Waals surface area contributed by atoms with Crippen molar-refractivity contribution in [1.82, 2.24) is 4.72 Å². The van der Waals surface area contributed by atoms with Crippen LogP contribution in [0.15, 0.2) is 23.1 Å². The molecule has 0 saturated heterocycles. The Morgan fingerprint density at radius 1 is 1.43 bits per heavy atom. The number of benzene rings is 1. The lowest BCUT2D eigenvalue weighted by Gasteiger charge is -2.05. The van der Waals surface area contributed by atoms with E-state index in [-0.39, 0.29) is 4.90 Å². The van der Waals surface area contributed by atoms with Crippen LogP contribution < -0.4 is 4.72 Å². The van der Waals surface area contributed by atoms with Crippen LogP contribution in [0.25, 0.3) is 0 Å². The zero-order valence-electron chi connectivity index (χ0n) is 7.90. The van der Waals surface area contributed by atoms with Gasteiger partial charge in [-0.2, -0.15) is 5.26 Å². The summed E-state index contributed by atoms with van der Waals surface area (Å²) >= 11 is 0. The minimum Gasteiger partial charge on any atom is -0.214 e. The monoisotopic (exact) mass is 210 g/mol. The fraction of sp³-hybridized carbons (Fsp3) is 0.222. The molecule has 0 aromatic heterocycles. The van der Waals surface area contributed by atoms with E-state index in [0.717, 1.165) is 0 Å². The average Bonchev–Trinajstić information content (AvgIpc) is 2.17. The second kappa shape index (κ2) is 3.78. The molecule has 1 aromatic carbocycles. The fourth-order valence-corrected chi connectivity index (χ4v) is 2.08. The van der Waals surface area contributed by atoms with E-state index in [9.17, 15) is 8.42 Å². The third kappa shape index (κ3) is 1.92. The Hall–Kier alpha value is -1.38. The predicted molar refractivity (Wildman–Crippen MR) is 52.1 cm³/mol. The third-order valence-electron chi connectivity index (χ3n) is 1.86. The molecule has 14 heavy (non-hydrogen) atoms. The number of nitriles is 1. The summed E-state index contributed by atoms with van der Waals surface area (Å²) in [6, 6.07) is 6.41. The van der Waals surface area contributed by atoms with Crippen LogP contribution in [0.3, 0.4) is 0 Å². The van der Waals surface area contributed by atoms with E-state index in [1.807, 2.05) is 6.07 Å². The summed E-state index contributed by atoms with van der Waals surface area (Å²) in [5.41, 5.74) is 1.02. The van der Waals surface area contributed by atoms with E-state index in [2.05, 4.69) is 4.72 Å². The highest BCUT2D eigenvalue weighted by atomic mass is 32.2. The molecule has 4 nitrogen and oxygen atoms in total. The SMILES string of the molecule is CNS(=O)(=O)c1ccc(C#N)cc1C. The Bertz CT molecular complexity index is 486. The molecule has 0 aliphatic rings. The molecule has 74 valence electrons. The van der Waals surface area contributed by atoms with Crippen molar-refractivity contribution < 1.29 is 8.42 Å². The van der Waals surface area contributed by atoms with Crippen molar-refractivity contribution in [2.24, 2.45) is 0 Å². The molecule has 0 saturated carbocycles. The van der Waals surface area contributed by atoms with Gasteiger partial charge in [-0.15, -0.1) is 0 Å². The molecular weight excluding hydrogens is 200 g/mol. The van der Waals surface area contributed by atoms with Gasteiger partial charge >= 0.3 is 0 Å². The van der Waals surface area contributed by atoms with E-state index in [0.29, 0.717) is 11.1 Å². The highest BCUT2D eigenvalue weighted by Crippen LogP contribution is 2.15. The lowest BCUT2D eigenvalue weighted by molar-refractivity contribution is 0.587. The summed E-state index contributed by atoms with van der Waals surface area (Å²) in [7, 11) is -2.06. The van der Waals surface area contributed by atoms with Crippen molar-refractivity contribution in [3.05, 3.63) is 29.3 Å². The van der Waals surface area contributed by atoms with Crippen LogP contribution in [0.5, 0.6) is 0 Å². The molecular formula is C9H10N2O2S. The summed E-state index contributed by atoms with van der Waals surface area (Å²) in [6.07, 6.45) is 0. The first kappa shape index (κ1) is 10.7. The molecule has 1 rings (SSSR count). The molecule has 0 spiro atoms. The van der Waals surface area contributed by atoms with E-state index in [1.165, 1.54) is 19.2 Å². The van der Waals surface area contributed by atoms with Crippen molar-refractivity contribution >= 4 is 10.0 Å². The van der Waals surface area contributed by atoms with Gasteiger partial charge < -0.3 is 0 Å². The van der Waals surface area contributed by atoms with Crippen molar-refractivity contribution in [3.63, 3.8) is 0 Å². The van der Waals surface area contributed by atoms with E-state index >= 15 is 0 Å². The molecule has 0 bridgehead atoms. The van der Waals surface area contributed by atoms with Gasteiger partial charge in [0.1, 0.15) is 0 Å². The Kier molecular flexibility index (Phi) is 2.89. The summed E-state index contributed by atoms with van der Waals surface area (Å²) in [6.45, 7) is 1.66. The largest absolute Gasteiger partial charge is 0.240 e. The molecule has 0 heterocycles. The van der Waals surface area contributed by atoms with Gasteiger partial charge in [-0.25, -0.2) is 13.1 Å². The molecule has 0 atom stereocenters. The standard InChI is InChI=1S/C9H10N2O2S/c1-7-5-8(6-10)3-4-9(7)14(12,13)11-2/h3-5,11H,1-2H3. The van der Waals surface area contributed by atoms with E-state index < -0.39 is 10.0 Å². The topological polar surface area (TPSA) is 70.0 Å². The summed E-state index contributed by atoms with van der Waals surface area (Å²) in [4.78, 5) is 0.207. The molecule has 5 heteroatoms. The van der Waals surface area contributed by atoms with Gasteiger partial charge in [0.2, 0.25) is 10.0 Å². The summed E-state index contributed by atoms with van der Waals surface area (Å²) in [5, 5.41) is 8.60. The van der Waals surface area contributed by atoms with Gasteiger partial charge in [-0.05, 0) is 37.7 Å². The highest BCUT2D eigenvalue weighted by Gasteiger charge is 2.13. The quantitative estimate of drug-likeness (QED) is 0.784. The normalized spacial score (nSPS) is 10.9. The van der Waals surface area contributed by atoms with Crippen LogP contribution >= 0.6 is 0 Å². The van der Waals surface area contributed by atoms with E-state index in [4.69, 9.17) is 5.26 Å². The lowest BCUT2D eigenvalue weighted by Crippen LogP contribution is -2.19. The molecule has 0 fully saturated rings. The predicted octanol–water partition coefficient (Wildman–Crippen LogP) is 0.775. The molecule has 1 aromatic rings. The lowest BCUT2D eigenvalue weighted by atomic mass is 10.2. The van der Waals surface area contributed by atoms with Crippen molar-refractivity contribution in [1.29, 1.82) is 5.26 Å². The van der Waals surface area contributed by atoms with Gasteiger partial charge in [0.25, 0.3) is 0 Å². The highest BCUT2D eigenvalue weighted by molar-refractivity contribution is 7.89. The smallest absolute Gasteiger partial charge is 0.214 e. The van der Waals surface area contributed by atoms with Crippen molar-refractivity contribution in [3.8, 4) is 6.07 Å². The molecule has 0 amide bonds. The summed E-state index contributed by atoms with van der Waals surface area (Å²) < 4.78 is 25.1. The number of rotatable bonds is 2. The minimum absolute atomic E-state index is 0.207. The van der Waals surface area contributed by atoms with Crippen LogP contribution in [0, 0.1) is 18.3 Å². The molecule has 0 aliphatic heterocycles. The second-order valence-corrected chi connectivity index (χ2v) is 4.65. The second-order valence-electron chi connectivity index (χ2n) is 2.80. The van der Waals surface area contributed by atoms with Crippen molar-refractivity contribution in [2.75, 3.05) is 7.05 Å². The van der Waals surface area contributed by atoms with E-state index in [1.54, 1.807) is 13.0 Å². The zero-order valence-corrected chi connectivity index (χ0v) is 8.72. The number of hydrogen-bond acceptors (Lipinski definition) is 3. The van der Waals surface area contributed by atoms with Crippen LogP contribution in [0.2, 0.25) is 0 Å². The first-order chi connectivity index (χ1) is 6.51. The number of aryl methyl sites for hydroxylation is 1. The van der Waals surface area contributed by atoms with Gasteiger partial charge in [0.15, 0.2) is 0 Å². The molecule has 0 unspecified atom stereocenters. The molecule has 0 radical (unpaired) electrons. The van der Waals surface area contributed by atoms with Gasteiger partial charge in [-0.1, -0.05) is 0 Å². The van der Waals surface area contributed by atoms with Crippen molar-refractivity contribution in [2.45, 2.75) is 11.8 Å². The number of hydrogen-bond donors (Lipinski definition) is 1. The van der Waals surface area contributed by atoms with Crippen LogP contribution in [0.4, 0.5) is 0 Å². The molecule has 1 N–H and O–H groups in total. The minimum atomic E-state index is -3.41. The van der Waals surface area contributed by atoms with Crippen LogP contribution in [-0.4, -0.2) is 15.5 Å². The maximum absolute atomic E-state index is 11.4. The fourth-order valence-electron chi connectivity index (χ4n) is 1.13. The average molecular weight is 210 g/mol.